The number of nitrogens with one attached hydrogen (secondary N) is 1. The van der Waals surface area contributed by atoms with Crippen molar-refractivity contribution in [3.63, 3.8) is 0 Å². The van der Waals surface area contributed by atoms with Crippen LogP contribution in [-0.4, -0.2) is 19.1 Å². The standard InChI is InChI=1S/C49H46Br2IN5O3/c1-32-15-9-12-18-43(32)55-54-37-21-23-44(33(2)27-37)56-57-47-38-17-11-10-16-35(38)19-24-46(47)59-25-13-7-5-3-4-6-8-14-26-60-48-41(50)29-34(30-42(48)51)28-40-39-31-36(52)20-22-45(39)53-49(40)58/h9-12,15-24,27-31H,3-8,13-14,25-26H2,1-2H3,(H,53,58). The van der Waals surface area contributed by atoms with E-state index in [0.29, 0.717) is 18.8 Å². The van der Waals surface area contributed by atoms with Crippen molar-refractivity contribution < 1.29 is 14.3 Å². The smallest absolute Gasteiger partial charge is 0.256 e. The molecule has 6 aromatic carbocycles. The van der Waals surface area contributed by atoms with Gasteiger partial charge in [0.05, 0.1) is 39.2 Å². The van der Waals surface area contributed by atoms with Gasteiger partial charge in [-0.15, -0.1) is 5.11 Å². The molecule has 1 amide bonds. The molecular weight excluding hydrogens is 993 g/mol. The highest BCUT2D eigenvalue weighted by Crippen LogP contribution is 2.40. The quantitative estimate of drug-likeness (QED) is 0.0402. The minimum atomic E-state index is -0.0896. The summed E-state index contributed by atoms with van der Waals surface area (Å²) in [5.41, 5.74) is 8.53. The molecule has 1 aliphatic rings. The van der Waals surface area contributed by atoms with Gasteiger partial charge in [0.2, 0.25) is 0 Å². The van der Waals surface area contributed by atoms with Gasteiger partial charge in [-0.2, -0.15) is 15.3 Å². The number of rotatable bonds is 18. The van der Waals surface area contributed by atoms with Gasteiger partial charge in [-0.1, -0.05) is 87.1 Å². The summed E-state index contributed by atoms with van der Waals surface area (Å²) in [7, 11) is 0. The fourth-order valence-corrected chi connectivity index (χ4v) is 8.99. The van der Waals surface area contributed by atoms with Gasteiger partial charge in [-0.25, -0.2) is 0 Å². The average Bonchev–Trinajstić information content (AvgIpc) is 3.54. The molecule has 0 aromatic heterocycles. The molecule has 0 saturated carbocycles. The lowest BCUT2D eigenvalue weighted by molar-refractivity contribution is -0.110. The Bertz CT molecular complexity index is 2570. The van der Waals surface area contributed by atoms with E-state index in [1.54, 1.807) is 0 Å². The molecule has 0 saturated heterocycles. The molecule has 0 unspecified atom stereocenters. The van der Waals surface area contributed by atoms with E-state index in [2.05, 4.69) is 93.3 Å². The number of unbranched alkanes of at least 4 members (excludes halogenated alkanes) is 7. The van der Waals surface area contributed by atoms with Gasteiger partial charge in [0.15, 0.2) is 0 Å². The Morgan fingerprint density at radius 1 is 0.650 bits per heavy atom. The van der Waals surface area contributed by atoms with Gasteiger partial charge >= 0.3 is 0 Å². The highest BCUT2D eigenvalue weighted by molar-refractivity contribution is 14.1. The number of carbonyl (C=O) groups excluding carboxylic acids is 1. The molecule has 0 atom stereocenters. The van der Waals surface area contributed by atoms with E-state index >= 15 is 0 Å². The van der Waals surface area contributed by atoms with E-state index in [1.807, 2.05) is 111 Å². The highest BCUT2D eigenvalue weighted by Gasteiger charge is 2.24. The number of benzene rings is 6. The van der Waals surface area contributed by atoms with E-state index < -0.39 is 0 Å². The molecule has 8 nitrogen and oxygen atoms in total. The van der Waals surface area contributed by atoms with Crippen LogP contribution in [0.2, 0.25) is 0 Å². The maximum Gasteiger partial charge on any atom is 0.256 e. The van der Waals surface area contributed by atoms with Crippen molar-refractivity contribution in [2.24, 2.45) is 20.5 Å². The average molecular weight is 1040 g/mol. The minimum Gasteiger partial charge on any atom is -0.491 e. The summed E-state index contributed by atoms with van der Waals surface area (Å²) >= 11 is 9.63. The lowest BCUT2D eigenvalue weighted by Gasteiger charge is -2.12. The van der Waals surface area contributed by atoms with E-state index in [9.17, 15) is 4.79 Å². The molecule has 11 heteroatoms. The zero-order valence-corrected chi connectivity index (χ0v) is 39.0. The third-order valence-corrected chi connectivity index (χ3v) is 12.2. The van der Waals surface area contributed by atoms with Crippen molar-refractivity contribution in [1.82, 2.24) is 0 Å². The predicted octanol–water partition coefficient (Wildman–Crippen LogP) is 16.5. The molecule has 7 rings (SSSR count). The van der Waals surface area contributed by atoms with E-state index in [4.69, 9.17) is 14.6 Å². The normalized spacial score (nSPS) is 13.2. The second-order valence-corrected chi connectivity index (χ2v) is 17.8. The Morgan fingerprint density at radius 3 is 2.07 bits per heavy atom. The SMILES string of the molecule is Cc1ccccc1N=Nc1ccc(N=Nc2c(OCCCCCCCCCCOc3c(Br)cc(C=C4C(=O)Nc5ccc(I)cc54)cc3Br)ccc3ccccc23)c(C)c1. The van der Waals surface area contributed by atoms with Crippen LogP contribution in [0.1, 0.15) is 73.6 Å². The summed E-state index contributed by atoms with van der Waals surface area (Å²) in [6.45, 7) is 5.31. The fraction of sp³-hybridized carbons (Fsp3) is 0.245. The molecule has 0 aliphatic carbocycles. The number of azo groups is 2. The monoisotopic (exact) mass is 1040 g/mol. The number of hydrogen-bond acceptors (Lipinski definition) is 7. The van der Waals surface area contributed by atoms with Crippen LogP contribution in [0.25, 0.3) is 22.4 Å². The largest absolute Gasteiger partial charge is 0.491 e. The van der Waals surface area contributed by atoms with Crippen molar-refractivity contribution in [2.45, 2.75) is 65.2 Å². The highest BCUT2D eigenvalue weighted by atomic mass is 127. The molecular formula is C49H46Br2IN5O3. The molecule has 0 fully saturated rings. The van der Waals surface area contributed by atoms with Gasteiger partial charge in [-0.05, 0) is 170 Å². The first kappa shape index (κ1) is 43.4. The molecule has 1 aliphatic heterocycles. The number of hydrogen-bond donors (Lipinski definition) is 1. The van der Waals surface area contributed by atoms with Crippen LogP contribution in [0.15, 0.2) is 139 Å². The summed E-state index contributed by atoms with van der Waals surface area (Å²) in [6.07, 6.45) is 10.9. The molecule has 0 bridgehead atoms. The number of anilines is 1. The van der Waals surface area contributed by atoms with Crippen LogP contribution in [0.4, 0.5) is 28.4 Å². The summed E-state index contributed by atoms with van der Waals surface area (Å²) in [6, 6.07) is 36.0. The Kier molecular flexibility index (Phi) is 15.3. The Hall–Kier alpha value is -4.72. The van der Waals surface area contributed by atoms with Gasteiger partial charge in [0, 0.05) is 25.8 Å². The van der Waals surface area contributed by atoms with Crippen molar-refractivity contribution >= 4 is 111 Å². The first-order chi connectivity index (χ1) is 29.2. The number of halogens is 3. The van der Waals surface area contributed by atoms with E-state index in [1.165, 1.54) is 25.7 Å². The second-order valence-electron chi connectivity index (χ2n) is 14.8. The first-order valence-electron chi connectivity index (χ1n) is 20.3. The minimum absolute atomic E-state index is 0.0896. The van der Waals surface area contributed by atoms with Crippen LogP contribution < -0.4 is 14.8 Å². The van der Waals surface area contributed by atoms with Gasteiger partial charge < -0.3 is 14.8 Å². The van der Waals surface area contributed by atoms with Crippen molar-refractivity contribution in [2.75, 3.05) is 18.5 Å². The summed E-state index contributed by atoms with van der Waals surface area (Å²) in [4.78, 5) is 12.7. The van der Waals surface area contributed by atoms with Gasteiger partial charge in [-0.3, -0.25) is 4.79 Å². The number of fused-ring (bicyclic) bond motifs is 2. The van der Waals surface area contributed by atoms with Crippen molar-refractivity contribution in [3.8, 4) is 11.5 Å². The number of carbonyl (C=O) groups is 1. The number of aryl methyl sites for hydroxylation is 2. The molecule has 1 heterocycles. The number of ether oxygens (including phenoxy) is 2. The van der Waals surface area contributed by atoms with Crippen LogP contribution in [0.5, 0.6) is 11.5 Å². The van der Waals surface area contributed by atoms with Crippen LogP contribution in [-0.2, 0) is 4.79 Å². The van der Waals surface area contributed by atoms with Crippen molar-refractivity contribution in [1.29, 1.82) is 0 Å². The molecule has 0 radical (unpaired) electrons. The molecule has 0 spiro atoms. The fourth-order valence-electron chi connectivity index (χ4n) is 7.05. The van der Waals surface area contributed by atoms with Crippen molar-refractivity contribution in [3.05, 3.63) is 144 Å². The summed E-state index contributed by atoms with van der Waals surface area (Å²) in [5.74, 6) is 1.43. The summed E-state index contributed by atoms with van der Waals surface area (Å²) < 4.78 is 15.3. The van der Waals surface area contributed by atoms with Gasteiger partial charge in [0.25, 0.3) is 5.91 Å². The van der Waals surface area contributed by atoms with E-state index in [0.717, 1.165) is 111 Å². The zero-order chi connectivity index (χ0) is 41.8. The van der Waals surface area contributed by atoms with Crippen LogP contribution in [0.3, 0.4) is 0 Å². The second kappa shape index (κ2) is 21.2. The van der Waals surface area contributed by atoms with Crippen LogP contribution >= 0.6 is 54.5 Å². The first-order valence-corrected chi connectivity index (χ1v) is 23.0. The van der Waals surface area contributed by atoms with Gasteiger partial charge in [0.1, 0.15) is 17.2 Å². The zero-order valence-electron chi connectivity index (χ0n) is 33.7. The predicted molar refractivity (Wildman–Crippen MR) is 260 cm³/mol. The maximum absolute atomic E-state index is 12.7. The third-order valence-electron chi connectivity index (χ3n) is 10.3. The topological polar surface area (TPSA) is 97.0 Å². The molecule has 60 heavy (non-hydrogen) atoms. The Labute approximate surface area is 382 Å². The number of amides is 1. The Morgan fingerprint density at radius 2 is 1.32 bits per heavy atom. The van der Waals surface area contributed by atoms with Crippen LogP contribution in [0, 0.1) is 17.4 Å². The summed E-state index contributed by atoms with van der Waals surface area (Å²) in [5, 5.41) is 23.3. The van der Waals surface area contributed by atoms with E-state index in [-0.39, 0.29) is 5.91 Å². The lowest BCUT2D eigenvalue weighted by Crippen LogP contribution is -2.03. The molecule has 306 valence electrons. The lowest BCUT2D eigenvalue weighted by atomic mass is 10.0. The third kappa shape index (κ3) is 11.3. The number of nitrogens with zero attached hydrogens (tertiary/aromatic N) is 4. The Balaban J connectivity index is 0.823. The molecule has 1 N–H and O–H groups in total. The molecule has 6 aromatic rings. The maximum atomic E-state index is 12.7.